The van der Waals surface area contributed by atoms with E-state index < -0.39 is 18.0 Å². The minimum absolute atomic E-state index is 0.180. The lowest BCUT2D eigenvalue weighted by molar-refractivity contribution is -0.143. The maximum absolute atomic E-state index is 11.6. The second-order valence-corrected chi connectivity index (χ2v) is 4.88. The molecule has 0 saturated heterocycles. The Labute approximate surface area is 127 Å². The summed E-state index contributed by atoms with van der Waals surface area (Å²) in [5, 5.41) is 3.01. The number of benzene rings is 1. The number of carbonyl (C=O) groups is 3. The minimum Gasteiger partial charge on any atom is -0.468 e. The van der Waals surface area contributed by atoms with Crippen LogP contribution in [0.25, 0.3) is 0 Å². The van der Waals surface area contributed by atoms with Gasteiger partial charge in [-0.15, -0.1) is 0 Å². The molecule has 1 aromatic carbocycles. The molecular weight excluding hydrogens is 290 g/mol. The van der Waals surface area contributed by atoms with Crippen LogP contribution >= 0.6 is 0 Å². The van der Waals surface area contributed by atoms with Gasteiger partial charge in [0.05, 0.1) is 7.11 Å². The number of hydrogen-bond acceptors (Lipinski definition) is 7. The molecule has 0 amide bonds. The maximum atomic E-state index is 11.6. The number of hydrogen-bond donors (Lipinski definition) is 1. The highest BCUT2D eigenvalue weighted by atomic mass is 16.6. The Morgan fingerprint density at radius 2 is 1.82 bits per heavy atom. The van der Waals surface area contributed by atoms with Crippen LogP contribution < -0.4 is 14.8 Å². The van der Waals surface area contributed by atoms with Crippen molar-refractivity contribution in [1.82, 2.24) is 5.32 Å². The average Bonchev–Trinajstić information content (AvgIpc) is 2.47. The van der Waals surface area contributed by atoms with Crippen molar-refractivity contribution in [2.75, 3.05) is 7.11 Å². The van der Waals surface area contributed by atoms with Crippen molar-refractivity contribution in [3.8, 4) is 11.5 Å². The molecule has 1 heterocycles. The van der Waals surface area contributed by atoms with Crippen LogP contribution in [0, 0.1) is 0 Å². The van der Waals surface area contributed by atoms with Gasteiger partial charge in [-0.25, -0.2) is 0 Å². The van der Waals surface area contributed by atoms with Gasteiger partial charge in [-0.3, -0.25) is 19.7 Å². The highest BCUT2D eigenvalue weighted by Gasteiger charge is 2.29. The van der Waals surface area contributed by atoms with Crippen LogP contribution in [-0.4, -0.2) is 31.1 Å². The van der Waals surface area contributed by atoms with Gasteiger partial charge < -0.3 is 14.2 Å². The lowest BCUT2D eigenvalue weighted by Crippen LogP contribution is -2.42. The van der Waals surface area contributed by atoms with E-state index in [0.717, 1.165) is 5.56 Å². The fourth-order valence-electron chi connectivity index (χ4n) is 2.35. The first-order valence-corrected chi connectivity index (χ1v) is 6.75. The van der Waals surface area contributed by atoms with Crippen LogP contribution in [0.3, 0.4) is 0 Å². The van der Waals surface area contributed by atoms with Crippen molar-refractivity contribution in [3.63, 3.8) is 0 Å². The van der Waals surface area contributed by atoms with E-state index >= 15 is 0 Å². The predicted molar refractivity (Wildman–Crippen MR) is 75.4 cm³/mol. The number of carbonyl (C=O) groups excluding carboxylic acids is 3. The summed E-state index contributed by atoms with van der Waals surface area (Å²) in [5.74, 6) is -0.999. The number of nitrogens with one attached hydrogen (secondary N) is 1. The Hall–Kier alpha value is -2.41. The molecule has 1 aliphatic heterocycles. The fraction of sp³-hybridized carbons (Fsp3) is 0.400. The summed E-state index contributed by atoms with van der Waals surface area (Å²) in [6, 6.07) is 2.84. The highest BCUT2D eigenvalue weighted by Crippen LogP contribution is 2.36. The van der Waals surface area contributed by atoms with Crippen LogP contribution in [0.4, 0.5) is 0 Å². The van der Waals surface area contributed by atoms with Gasteiger partial charge in [0.25, 0.3) is 0 Å². The van der Waals surface area contributed by atoms with E-state index in [9.17, 15) is 14.4 Å². The molecule has 118 valence electrons. The molecule has 1 aliphatic rings. The first-order chi connectivity index (χ1) is 10.4. The number of ether oxygens (including phenoxy) is 3. The van der Waals surface area contributed by atoms with Gasteiger partial charge in [-0.1, -0.05) is 6.07 Å². The smallest absolute Gasteiger partial charge is 0.323 e. The average molecular weight is 307 g/mol. The van der Waals surface area contributed by atoms with E-state index in [1.165, 1.54) is 21.0 Å². The molecule has 22 heavy (non-hydrogen) atoms. The molecule has 0 fully saturated rings. The summed E-state index contributed by atoms with van der Waals surface area (Å²) in [4.78, 5) is 34.1. The largest absolute Gasteiger partial charge is 0.468 e. The Morgan fingerprint density at radius 1 is 1.14 bits per heavy atom. The third-order valence-corrected chi connectivity index (χ3v) is 3.26. The normalized spacial score (nSPS) is 16.4. The van der Waals surface area contributed by atoms with Crippen LogP contribution in [0.5, 0.6) is 11.5 Å². The summed E-state index contributed by atoms with van der Waals surface area (Å²) in [6.45, 7) is 2.83. The molecule has 1 atom stereocenters. The molecule has 1 aromatic rings. The van der Waals surface area contributed by atoms with Crippen molar-refractivity contribution in [3.05, 3.63) is 23.3 Å². The highest BCUT2D eigenvalue weighted by molar-refractivity contribution is 5.78. The molecule has 0 spiro atoms. The van der Waals surface area contributed by atoms with Gasteiger partial charge in [0.2, 0.25) is 0 Å². The van der Waals surface area contributed by atoms with E-state index in [1.807, 2.05) is 0 Å². The van der Waals surface area contributed by atoms with E-state index in [1.54, 1.807) is 12.1 Å². The third-order valence-electron chi connectivity index (χ3n) is 3.26. The second-order valence-electron chi connectivity index (χ2n) is 4.88. The molecular formula is C15H17NO6. The second kappa shape index (κ2) is 6.57. The number of esters is 3. The van der Waals surface area contributed by atoms with E-state index in [4.69, 9.17) is 14.2 Å². The lowest BCUT2D eigenvalue weighted by atomic mass is 9.94. The lowest BCUT2D eigenvalue weighted by Gasteiger charge is -2.26. The Morgan fingerprint density at radius 3 is 2.41 bits per heavy atom. The van der Waals surface area contributed by atoms with Gasteiger partial charge >= 0.3 is 17.9 Å². The first kappa shape index (κ1) is 16.0. The van der Waals surface area contributed by atoms with E-state index in [2.05, 4.69) is 5.32 Å². The van der Waals surface area contributed by atoms with Gasteiger partial charge in [-0.05, 0) is 18.1 Å². The van der Waals surface area contributed by atoms with Crippen molar-refractivity contribution in [2.45, 2.75) is 32.9 Å². The van der Waals surface area contributed by atoms with Crippen molar-refractivity contribution < 1.29 is 28.6 Å². The minimum atomic E-state index is -0.517. The van der Waals surface area contributed by atoms with Crippen molar-refractivity contribution >= 4 is 17.9 Å². The summed E-state index contributed by atoms with van der Waals surface area (Å²) >= 11 is 0. The van der Waals surface area contributed by atoms with Gasteiger partial charge in [0.1, 0.15) is 6.04 Å². The number of rotatable bonds is 3. The molecule has 0 aromatic heterocycles. The van der Waals surface area contributed by atoms with E-state index in [-0.39, 0.29) is 17.5 Å². The molecule has 0 aliphatic carbocycles. The van der Waals surface area contributed by atoms with Gasteiger partial charge in [-0.2, -0.15) is 0 Å². The Balaban J connectivity index is 2.39. The molecule has 0 bridgehead atoms. The zero-order valence-electron chi connectivity index (χ0n) is 12.6. The molecule has 2 rings (SSSR count). The predicted octanol–water partition coefficient (Wildman–Crippen LogP) is 0.724. The van der Waals surface area contributed by atoms with Crippen LogP contribution in [0.15, 0.2) is 12.1 Å². The number of fused-ring (bicyclic) bond motifs is 1. The van der Waals surface area contributed by atoms with Crippen LogP contribution in [-0.2, 0) is 32.1 Å². The SMILES string of the molecule is COC(=O)C1Cc2ccc(OC(C)=O)c(OC(C)=O)c2CN1. The van der Waals surface area contributed by atoms with Gasteiger partial charge in [0, 0.05) is 26.0 Å². The molecule has 1 N–H and O–H groups in total. The quantitative estimate of drug-likeness (QED) is 0.650. The van der Waals surface area contributed by atoms with Crippen molar-refractivity contribution in [2.24, 2.45) is 0 Å². The maximum Gasteiger partial charge on any atom is 0.323 e. The summed E-state index contributed by atoms with van der Waals surface area (Å²) in [5.41, 5.74) is 1.52. The fourth-order valence-corrected chi connectivity index (χ4v) is 2.35. The molecule has 7 heteroatoms. The zero-order chi connectivity index (χ0) is 16.3. The summed E-state index contributed by atoms with van der Waals surface area (Å²) in [7, 11) is 1.33. The monoisotopic (exact) mass is 307 g/mol. The Bertz CT molecular complexity index is 625. The summed E-state index contributed by atoms with van der Waals surface area (Å²) < 4.78 is 15.0. The summed E-state index contributed by atoms with van der Waals surface area (Å²) in [6.07, 6.45) is 0.399. The van der Waals surface area contributed by atoms with Crippen LogP contribution in [0.1, 0.15) is 25.0 Å². The Kier molecular flexibility index (Phi) is 4.77. The molecule has 0 saturated carbocycles. The van der Waals surface area contributed by atoms with Gasteiger partial charge in [0.15, 0.2) is 11.5 Å². The van der Waals surface area contributed by atoms with Crippen molar-refractivity contribution in [1.29, 1.82) is 0 Å². The van der Waals surface area contributed by atoms with E-state index in [0.29, 0.717) is 18.5 Å². The topological polar surface area (TPSA) is 90.9 Å². The zero-order valence-corrected chi connectivity index (χ0v) is 12.6. The molecule has 7 nitrogen and oxygen atoms in total. The number of methoxy groups -OCH3 is 1. The molecule has 1 unspecified atom stereocenters. The standard InChI is InChI=1S/C15H17NO6/c1-8(17)21-13-5-4-10-6-12(15(19)20-3)16-7-11(10)14(13)22-9(2)18/h4-5,12,16H,6-7H2,1-3H3. The first-order valence-electron chi connectivity index (χ1n) is 6.75. The third kappa shape index (κ3) is 3.43. The molecule has 0 radical (unpaired) electrons. The van der Waals surface area contributed by atoms with Crippen LogP contribution in [0.2, 0.25) is 0 Å².